The molecule has 1 N–H and O–H groups in total. The lowest BCUT2D eigenvalue weighted by Crippen LogP contribution is -2.45. The van der Waals surface area contributed by atoms with E-state index >= 15 is 0 Å². The fourth-order valence-corrected chi connectivity index (χ4v) is 4.12. The smallest absolute Gasteiger partial charge is 0.223 e. The summed E-state index contributed by atoms with van der Waals surface area (Å²) in [6, 6.07) is 7.58. The van der Waals surface area contributed by atoms with Gasteiger partial charge in [-0.25, -0.2) is 0 Å². The van der Waals surface area contributed by atoms with E-state index < -0.39 is 0 Å². The van der Waals surface area contributed by atoms with Crippen molar-refractivity contribution in [2.75, 3.05) is 26.2 Å². The van der Waals surface area contributed by atoms with E-state index in [0.717, 1.165) is 31.8 Å². The van der Waals surface area contributed by atoms with Crippen LogP contribution in [0.15, 0.2) is 24.3 Å². The maximum absolute atomic E-state index is 12.1. The van der Waals surface area contributed by atoms with Gasteiger partial charge < -0.3 is 15.0 Å². The molecule has 1 aromatic carbocycles. The van der Waals surface area contributed by atoms with E-state index in [1.165, 1.54) is 32.2 Å². The molecule has 0 unspecified atom stereocenters. The number of piperidine rings is 1. The van der Waals surface area contributed by atoms with Gasteiger partial charge in [-0.15, -0.1) is 0 Å². The van der Waals surface area contributed by atoms with Crippen LogP contribution in [0.2, 0.25) is 5.02 Å². The van der Waals surface area contributed by atoms with E-state index in [4.69, 9.17) is 16.3 Å². The van der Waals surface area contributed by atoms with E-state index in [0.29, 0.717) is 29.8 Å². The highest BCUT2D eigenvalue weighted by Gasteiger charge is 2.24. The van der Waals surface area contributed by atoms with Crippen molar-refractivity contribution in [2.24, 2.45) is 5.92 Å². The lowest BCUT2D eigenvalue weighted by molar-refractivity contribution is -0.122. The molecule has 138 valence electrons. The Morgan fingerprint density at radius 3 is 2.68 bits per heavy atom. The summed E-state index contributed by atoms with van der Waals surface area (Å²) in [7, 11) is 0. The Bertz CT molecular complexity index is 552. The van der Waals surface area contributed by atoms with E-state index in [9.17, 15) is 4.79 Å². The van der Waals surface area contributed by atoms with Crippen LogP contribution < -0.4 is 10.1 Å². The van der Waals surface area contributed by atoms with Gasteiger partial charge in [-0.3, -0.25) is 4.79 Å². The third-order valence-corrected chi connectivity index (χ3v) is 5.57. The van der Waals surface area contributed by atoms with Crippen molar-refractivity contribution in [3.63, 3.8) is 0 Å². The zero-order valence-corrected chi connectivity index (χ0v) is 15.6. The Morgan fingerprint density at radius 2 is 1.96 bits per heavy atom. The fourth-order valence-electron chi connectivity index (χ4n) is 3.94. The molecular formula is C20H29ClN2O2. The molecule has 1 amide bonds. The van der Waals surface area contributed by atoms with E-state index in [1.807, 2.05) is 12.1 Å². The number of nitrogens with zero attached hydrogens (tertiary/aromatic N) is 1. The number of nitrogens with one attached hydrogen (secondary N) is 1. The molecule has 0 bridgehead atoms. The summed E-state index contributed by atoms with van der Waals surface area (Å²) in [5.74, 6) is 1.70. The lowest BCUT2D eigenvalue weighted by Gasteiger charge is -2.33. The maximum Gasteiger partial charge on any atom is 0.223 e. The van der Waals surface area contributed by atoms with Gasteiger partial charge in [0.1, 0.15) is 5.75 Å². The van der Waals surface area contributed by atoms with Crippen LogP contribution in [-0.2, 0) is 4.79 Å². The summed E-state index contributed by atoms with van der Waals surface area (Å²) in [5.41, 5.74) is 0. The first-order chi connectivity index (χ1) is 12.2. The molecule has 1 aromatic rings. The zero-order chi connectivity index (χ0) is 17.5. The van der Waals surface area contributed by atoms with Gasteiger partial charge >= 0.3 is 0 Å². The quantitative estimate of drug-likeness (QED) is 0.798. The number of halogens is 1. The second-order valence-corrected chi connectivity index (χ2v) is 7.79. The molecule has 1 heterocycles. The number of hydrogen-bond donors (Lipinski definition) is 1. The molecule has 0 atom stereocenters. The van der Waals surface area contributed by atoms with Crippen LogP contribution in [0.1, 0.15) is 44.9 Å². The van der Waals surface area contributed by atoms with Crippen molar-refractivity contribution in [3.8, 4) is 5.75 Å². The van der Waals surface area contributed by atoms with Crippen molar-refractivity contribution >= 4 is 17.5 Å². The number of amides is 1. The van der Waals surface area contributed by atoms with Gasteiger partial charge in [0, 0.05) is 30.7 Å². The lowest BCUT2D eigenvalue weighted by atomic mass is 10.0. The number of hydrogen-bond acceptors (Lipinski definition) is 3. The first-order valence-electron chi connectivity index (χ1n) is 9.59. The topological polar surface area (TPSA) is 41.6 Å². The van der Waals surface area contributed by atoms with Gasteiger partial charge in [0.2, 0.25) is 5.91 Å². The molecule has 4 nitrogen and oxygen atoms in total. The third kappa shape index (κ3) is 6.19. The number of carbonyl (C=O) groups is 1. The zero-order valence-electron chi connectivity index (χ0n) is 14.9. The summed E-state index contributed by atoms with van der Waals surface area (Å²) >= 11 is 5.92. The minimum Gasteiger partial charge on any atom is -0.493 e. The Balaban J connectivity index is 1.29. The average Bonchev–Trinajstić information content (AvgIpc) is 3.10. The summed E-state index contributed by atoms with van der Waals surface area (Å²) in [4.78, 5) is 14.7. The Morgan fingerprint density at radius 1 is 1.20 bits per heavy atom. The molecule has 2 fully saturated rings. The Labute approximate surface area is 155 Å². The predicted molar refractivity (Wildman–Crippen MR) is 101 cm³/mol. The van der Waals surface area contributed by atoms with Crippen molar-refractivity contribution in [1.82, 2.24) is 10.2 Å². The molecule has 3 rings (SSSR count). The minimum atomic E-state index is 0.0799. The van der Waals surface area contributed by atoms with Gasteiger partial charge in [0.25, 0.3) is 0 Å². The van der Waals surface area contributed by atoms with Crippen LogP contribution in [0.5, 0.6) is 5.75 Å². The van der Waals surface area contributed by atoms with Gasteiger partial charge in [0.05, 0.1) is 13.0 Å². The van der Waals surface area contributed by atoms with Gasteiger partial charge in [0.15, 0.2) is 0 Å². The highest BCUT2D eigenvalue weighted by molar-refractivity contribution is 6.30. The second kappa shape index (κ2) is 9.44. The van der Waals surface area contributed by atoms with Crippen LogP contribution in [0.3, 0.4) is 0 Å². The standard InChI is InChI=1S/C20H29ClN2O2/c21-17-6-3-7-19(14-17)25-13-10-20(24)22-18-8-11-23(12-9-18)15-16-4-1-2-5-16/h3,6-7,14,16,18H,1-2,4-5,8-13,15H2,(H,22,24). The third-order valence-electron chi connectivity index (χ3n) is 5.34. The normalized spacial score (nSPS) is 19.9. The van der Waals surface area contributed by atoms with Crippen LogP contribution in [0, 0.1) is 5.92 Å². The SMILES string of the molecule is O=C(CCOc1cccc(Cl)c1)NC1CCN(CC2CCCC2)CC1. The molecule has 0 spiro atoms. The highest BCUT2D eigenvalue weighted by Crippen LogP contribution is 2.26. The first-order valence-corrected chi connectivity index (χ1v) is 9.97. The number of benzene rings is 1. The van der Waals surface area contributed by atoms with E-state index in [-0.39, 0.29) is 5.91 Å². The van der Waals surface area contributed by atoms with Gasteiger partial charge in [-0.1, -0.05) is 30.5 Å². The molecule has 5 heteroatoms. The molecule has 0 aromatic heterocycles. The van der Waals surface area contributed by atoms with E-state index in [1.54, 1.807) is 12.1 Å². The molecule has 25 heavy (non-hydrogen) atoms. The molecule has 1 saturated carbocycles. The number of ether oxygens (including phenoxy) is 1. The summed E-state index contributed by atoms with van der Waals surface area (Å²) in [5, 5.41) is 3.80. The Kier molecular flexibility index (Phi) is 7.00. The maximum atomic E-state index is 12.1. The van der Waals surface area contributed by atoms with Crippen molar-refractivity contribution in [2.45, 2.75) is 51.0 Å². The molecule has 1 aliphatic heterocycles. The number of likely N-dealkylation sites (tertiary alicyclic amines) is 1. The summed E-state index contributed by atoms with van der Waals surface area (Å²) < 4.78 is 5.58. The molecule has 1 saturated heterocycles. The fraction of sp³-hybridized carbons (Fsp3) is 0.650. The van der Waals surface area contributed by atoms with Crippen molar-refractivity contribution in [3.05, 3.63) is 29.3 Å². The van der Waals surface area contributed by atoms with Gasteiger partial charge in [-0.05, 0) is 49.8 Å². The Hall–Kier alpha value is -1.26. The highest BCUT2D eigenvalue weighted by atomic mass is 35.5. The van der Waals surface area contributed by atoms with Gasteiger partial charge in [-0.2, -0.15) is 0 Å². The van der Waals surface area contributed by atoms with Crippen LogP contribution in [-0.4, -0.2) is 43.1 Å². The first kappa shape index (κ1) is 18.5. The minimum absolute atomic E-state index is 0.0799. The second-order valence-electron chi connectivity index (χ2n) is 7.35. The molecule has 1 aliphatic carbocycles. The largest absolute Gasteiger partial charge is 0.493 e. The van der Waals surface area contributed by atoms with Crippen LogP contribution in [0.4, 0.5) is 0 Å². The molecular weight excluding hydrogens is 336 g/mol. The average molecular weight is 365 g/mol. The molecule has 2 aliphatic rings. The van der Waals surface area contributed by atoms with Crippen LogP contribution >= 0.6 is 11.6 Å². The summed E-state index contributed by atoms with van der Waals surface area (Å²) in [6.45, 7) is 3.86. The number of carbonyl (C=O) groups excluding carboxylic acids is 1. The predicted octanol–water partition coefficient (Wildman–Crippen LogP) is 3.88. The number of rotatable bonds is 7. The van der Waals surface area contributed by atoms with Crippen LogP contribution in [0.25, 0.3) is 0 Å². The molecule has 0 radical (unpaired) electrons. The monoisotopic (exact) mass is 364 g/mol. The van der Waals surface area contributed by atoms with E-state index in [2.05, 4.69) is 10.2 Å². The summed E-state index contributed by atoms with van der Waals surface area (Å²) in [6.07, 6.45) is 8.14. The van der Waals surface area contributed by atoms with Crippen molar-refractivity contribution < 1.29 is 9.53 Å². The van der Waals surface area contributed by atoms with Crippen molar-refractivity contribution in [1.29, 1.82) is 0 Å².